The molecule has 0 saturated carbocycles. The van der Waals surface area contributed by atoms with E-state index in [0.717, 1.165) is 33.1 Å². The van der Waals surface area contributed by atoms with Crippen molar-refractivity contribution >= 4 is 39.9 Å². The van der Waals surface area contributed by atoms with E-state index in [1.165, 1.54) is 14.1 Å². The Labute approximate surface area is 311 Å². The van der Waals surface area contributed by atoms with E-state index in [9.17, 15) is 27.6 Å². The molecule has 1 atom stereocenters. The highest BCUT2D eigenvalue weighted by molar-refractivity contribution is 6.36. The van der Waals surface area contributed by atoms with Crippen molar-refractivity contribution < 1.29 is 27.4 Å². The number of likely N-dealkylation sites (tertiary alicyclic amines) is 1. The number of anilines is 2. The second-order valence-electron chi connectivity index (χ2n) is 14.0. The molecule has 1 amide bonds. The molecule has 12 nitrogen and oxygen atoms in total. The minimum Gasteiger partial charge on any atom is -0.481 e. The van der Waals surface area contributed by atoms with E-state index in [0.29, 0.717) is 70.2 Å². The number of halogens is 4. The van der Waals surface area contributed by atoms with Crippen LogP contribution in [0.5, 0.6) is 5.88 Å². The first-order chi connectivity index (χ1) is 25.7. The van der Waals surface area contributed by atoms with Crippen molar-refractivity contribution in [2.45, 2.75) is 37.6 Å². The molecule has 16 heteroatoms. The number of methoxy groups -OCH3 is 1. The fourth-order valence-corrected chi connectivity index (χ4v) is 8.22. The van der Waals surface area contributed by atoms with Crippen molar-refractivity contribution in [3.63, 3.8) is 0 Å². The van der Waals surface area contributed by atoms with Crippen molar-refractivity contribution in [1.29, 1.82) is 0 Å². The summed E-state index contributed by atoms with van der Waals surface area (Å²) in [6, 6.07) is 13.6. The van der Waals surface area contributed by atoms with Crippen LogP contribution in [0.4, 0.5) is 24.7 Å². The van der Waals surface area contributed by atoms with Crippen molar-refractivity contribution in [2.75, 3.05) is 38.7 Å². The van der Waals surface area contributed by atoms with Crippen molar-refractivity contribution in [2.24, 2.45) is 14.1 Å². The average molecular weight is 762 g/mol. The van der Waals surface area contributed by atoms with Gasteiger partial charge in [0.1, 0.15) is 29.1 Å². The van der Waals surface area contributed by atoms with Crippen molar-refractivity contribution in [3.8, 4) is 28.3 Å². The van der Waals surface area contributed by atoms with Crippen LogP contribution in [0, 0.1) is 6.92 Å². The largest absolute Gasteiger partial charge is 0.481 e. The summed E-state index contributed by atoms with van der Waals surface area (Å²) < 4.78 is 55.6. The number of alkyl halides is 3. The van der Waals surface area contributed by atoms with Gasteiger partial charge in [-0.3, -0.25) is 23.6 Å². The van der Waals surface area contributed by atoms with E-state index in [-0.39, 0.29) is 40.9 Å². The number of ether oxygens (including phenoxy) is 2. The van der Waals surface area contributed by atoms with Crippen LogP contribution in [0.1, 0.15) is 34.8 Å². The molecular weight excluding hydrogens is 727 g/mol. The fraction of sp³-hybridized carbons (Fsp3) is 0.342. The minimum absolute atomic E-state index is 0.0676. The van der Waals surface area contributed by atoms with Gasteiger partial charge in [0.15, 0.2) is 0 Å². The number of amides is 1. The van der Waals surface area contributed by atoms with Gasteiger partial charge in [0.25, 0.3) is 5.56 Å². The maximum atomic E-state index is 14.0. The number of hydrogen-bond acceptors (Lipinski definition) is 9. The topological polar surface area (TPSA) is 133 Å². The highest BCUT2D eigenvalue weighted by Crippen LogP contribution is 2.47. The molecule has 1 spiro atoms. The second kappa shape index (κ2) is 13.0. The van der Waals surface area contributed by atoms with Crippen LogP contribution in [-0.4, -0.2) is 68.9 Å². The van der Waals surface area contributed by atoms with Gasteiger partial charge in [-0.15, -0.1) is 0 Å². The average Bonchev–Trinajstić information content (AvgIpc) is 3.56. The number of morpholine rings is 1. The Morgan fingerprint density at radius 2 is 1.74 bits per heavy atom. The Balaban J connectivity index is 1.14. The number of pyridine rings is 2. The Kier molecular flexibility index (Phi) is 8.58. The predicted molar refractivity (Wildman–Crippen MR) is 196 cm³/mol. The van der Waals surface area contributed by atoms with E-state index >= 15 is 0 Å². The molecule has 5 heterocycles. The molecule has 1 unspecified atom stereocenters. The third kappa shape index (κ3) is 5.81. The zero-order valence-electron chi connectivity index (χ0n) is 29.7. The molecule has 3 aromatic heterocycles. The molecule has 54 heavy (non-hydrogen) atoms. The third-order valence-electron chi connectivity index (χ3n) is 10.8. The summed E-state index contributed by atoms with van der Waals surface area (Å²) in [4.78, 5) is 48.6. The third-order valence-corrected chi connectivity index (χ3v) is 11.2. The first-order valence-corrected chi connectivity index (χ1v) is 17.6. The number of hydrogen-bond donors (Lipinski definition) is 2. The number of rotatable bonds is 6. The standard InChI is InChI=1S/C38H35ClF3N7O5/c1-19-21(7-6-10-24(19)44-33-31-27(14-28(46-33)38(40,41)42)47(2)36(52)48(3)35(31)51)22-8-5-9-23(32(22)39)25-13-20-11-12-26(30(20)34(45-25)53-4)49-17-37(18-49)16-43-29(50)15-54-37/h5-10,13-14,26H,11-12,15-18H2,1-4H3,(H,43,50)(H,44,46). The Bertz CT molecular complexity index is 2500. The van der Waals surface area contributed by atoms with E-state index < -0.39 is 23.1 Å². The predicted octanol–water partition coefficient (Wildman–Crippen LogP) is 5.28. The molecule has 2 N–H and O–H groups in total. The van der Waals surface area contributed by atoms with Gasteiger partial charge in [-0.05, 0) is 54.7 Å². The number of fused-ring (bicyclic) bond motifs is 2. The molecule has 8 rings (SSSR count). The number of carbonyl (C=O) groups excluding carboxylic acids is 1. The summed E-state index contributed by atoms with van der Waals surface area (Å²) in [5.41, 5.74) is 2.40. The summed E-state index contributed by atoms with van der Waals surface area (Å²) in [6.07, 6.45) is -3.15. The summed E-state index contributed by atoms with van der Waals surface area (Å²) in [6.45, 7) is 3.73. The lowest BCUT2D eigenvalue weighted by Crippen LogP contribution is -2.70. The number of benzene rings is 2. The van der Waals surface area contributed by atoms with Crippen LogP contribution >= 0.6 is 11.6 Å². The quantitative estimate of drug-likeness (QED) is 0.237. The van der Waals surface area contributed by atoms with Crippen molar-refractivity contribution in [1.82, 2.24) is 29.3 Å². The van der Waals surface area contributed by atoms with Gasteiger partial charge in [-0.25, -0.2) is 14.8 Å². The zero-order chi connectivity index (χ0) is 38.3. The Hall–Kier alpha value is -5.25. The van der Waals surface area contributed by atoms with Gasteiger partial charge in [0.05, 0.1) is 23.3 Å². The van der Waals surface area contributed by atoms with E-state index in [1.54, 1.807) is 26.2 Å². The molecule has 0 radical (unpaired) electrons. The van der Waals surface area contributed by atoms with Gasteiger partial charge >= 0.3 is 11.9 Å². The number of carbonyl (C=O) groups is 1. The zero-order valence-corrected chi connectivity index (χ0v) is 30.5. The number of aromatic nitrogens is 4. The highest BCUT2D eigenvalue weighted by Gasteiger charge is 2.50. The van der Waals surface area contributed by atoms with E-state index in [2.05, 4.69) is 20.5 Å². The van der Waals surface area contributed by atoms with Gasteiger partial charge in [-0.2, -0.15) is 13.2 Å². The molecule has 5 aromatic rings. The fourth-order valence-electron chi connectivity index (χ4n) is 7.89. The number of aryl methyl sites for hydroxylation is 2. The lowest BCUT2D eigenvalue weighted by atomic mass is 9.89. The Morgan fingerprint density at radius 3 is 2.44 bits per heavy atom. The van der Waals surface area contributed by atoms with Crippen LogP contribution in [0.25, 0.3) is 33.3 Å². The van der Waals surface area contributed by atoms with Gasteiger partial charge < -0.3 is 20.1 Å². The second-order valence-corrected chi connectivity index (χ2v) is 14.4. The summed E-state index contributed by atoms with van der Waals surface area (Å²) in [5, 5.41) is 6.12. The molecule has 3 aliphatic rings. The molecule has 2 saturated heterocycles. The molecule has 2 aliphatic heterocycles. The van der Waals surface area contributed by atoms with Crippen LogP contribution in [0.2, 0.25) is 5.02 Å². The maximum Gasteiger partial charge on any atom is 0.433 e. The van der Waals surface area contributed by atoms with Crippen LogP contribution in [0.15, 0.2) is 58.1 Å². The maximum absolute atomic E-state index is 14.0. The lowest BCUT2D eigenvalue weighted by Gasteiger charge is -2.53. The summed E-state index contributed by atoms with van der Waals surface area (Å²) in [5.74, 6) is 0.0720. The monoisotopic (exact) mass is 761 g/mol. The molecule has 1 aliphatic carbocycles. The van der Waals surface area contributed by atoms with Gasteiger partial charge in [0, 0.05) is 62.1 Å². The number of nitrogens with zero attached hydrogens (tertiary/aromatic N) is 5. The molecule has 2 fully saturated rings. The highest BCUT2D eigenvalue weighted by atomic mass is 35.5. The first-order valence-electron chi connectivity index (χ1n) is 17.3. The smallest absolute Gasteiger partial charge is 0.433 e. The van der Waals surface area contributed by atoms with E-state index in [1.807, 2.05) is 30.3 Å². The summed E-state index contributed by atoms with van der Waals surface area (Å²) in [7, 11) is 4.15. The first kappa shape index (κ1) is 35.8. The Morgan fingerprint density at radius 1 is 1.02 bits per heavy atom. The van der Waals surface area contributed by atoms with Crippen LogP contribution < -0.4 is 26.6 Å². The van der Waals surface area contributed by atoms with Crippen LogP contribution in [0.3, 0.4) is 0 Å². The molecule has 0 bridgehead atoms. The van der Waals surface area contributed by atoms with E-state index in [4.69, 9.17) is 26.1 Å². The molecule has 280 valence electrons. The molecule has 2 aromatic carbocycles. The van der Waals surface area contributed by atoms with Gasteiger partial charge in [0.2, 0.25) is 11.8 Å². The number of nitrogens with one attached hydrogen (secondary N) is 2. The summed E-state index contributed by atoms with van der Waals surface area (Å²) >= 11 is 7.16. The SMILES string of the molecule is COc1nc(-c2cccc(-c3cccc(Nc4nc(C(F)(F)F)cc5c4c(=O)n(C)c(=O)n5C)c3C)c2Cl)cc2c1C(N1CC3(CNC(=O)CO3)C1)CC2. The van der Waals surface area contributed by atoms with Crippen molar-refractivity contribution in [3.05, 3.63) is 96.8 Å². The lowest BCUT2D eigenvalue weighted by molar-refractivity contribution is -0.179. The van der Waals surface area contributed by atoms with Crippen LogP contribution in [-0.2, 0) is 36.2 Å². The normalized spacial score (nSPS) is 18.1. The molecular formula is C38H35ClF3N7O5. The minimum atomic E-state index is -4.84. The van der Waals surface area contributed by atoms with Gasteiger partial charge in [-0.1, -0.05) is 41.9 Å².